The van der Waals surface area contributed by atoms with Crippen LogP contribution in [-0.2, 0) is 6.54 Å². The maximum atomic E-state index is 5.30. The highest BCUT2D eigenvalue weighted by Crippen LogP contribution is 2.38. The lowest BCUT2D eigenvalue weighted by Gasteiger charge is -2.31. The molecular weight excluding hydrogens is 258 g/mol. The molecule has 0 bridgehead atoms. The number of hydrogen-bond donors (Lipinski definition) is 1. The van der Waals surface area contributed by atoms with Gasteiger partial charge < -0.3 is 9.84 Å². The molecule has 1 heterocycles. The number of hydrogen-bond acceptors (Lipinski definition) is 5. The van der Waals surface area contributed by atoms with E-state index in [-0.39, 0.29) is 0 Å². The molecule has 1 aromatic heterocycles. The van der Waals surface area contributed by atoms with E-state index in [2.05, 4.69) is 34.1 Å². The molecule has 0 aliphatic heterocycles. The minimum atomic E-state index is 0.555. The van der Waals surface area contributed by atoms with Gasteiger partial charge in [0, 0.05) is 17.2 Å². The second-order valence-electron chi connectivity index (χ2n) is 5.59. The van der Waals surface area contributed by atoms with Gasteiger partial charge in [0.1, 0.15) is 0 Å². The first kappa shape index (κ1) is 13.4. The van der Waals surface area contributed by atoms with E-state index in [9.17, 15) is 0 Å². The molecule has 0 aromatic carbocycles. The Morgan fingerprint density at radius 1 is 1.26 bits per heavy atom. The molecule has 1 aromatic rings. The minimum absolute atomic E-state index is 0.555. The minimum Gasteiger partial charge on any atom is -0.339 e. The fourth-order valence-electron chi connectivity index (χ4n) is 2.80. The van der Waals surface area contributed by atoms with Crippen LogP contribution in [0, 0.1) is 0 Å². The summed E-state index contributed by atoms with van der Waals surface area (Å²) in [6.07, 6.45) is 7.78. The van der Waals surface area contributed by atoms with Crippen LogP contribution in [0.1, 0.15) is 63.1 Å². The lowest BCUT2D eigenvalue weighted by atomic mass is 9.95. The molecule has 2 aliphatic carbocycles. The van der Waals surface area contributed by atoms with Crippen molar-refractivity contribution in [2.75, 3.05) is 5.75 Å². The Bertz CT molecular complexity index is 403. The molecule has 0 radical (unpaired) electrons. The van der Waals surface area contributed by atoms with Crippen molar-refractivity contribution < 1.29 is 4.52 Å². The Morgan fingerprint density at radius 2 is 2.11 bits per heavy atom. The summed E-state index contributed by atoms with van der Waals surface area (Å²) in [4.78, 5) is 4.48. The van der Waals surface area contributed by atoms with Crippen LogP contribution in [0.15, 0.2) is 4.52 Å². The highest BCUT2D eigenvalue weighted by molar-refractivity contribution is 7.99. The number of rotatable bonds is 6. The molecule has 2 aliphatic rings. The summed E-state index contributed by atoms with van der Waals surface area (Å²) < 4.78 is 5.30. The van der Waals surface area contributed by atoms with Crippen LogP contribution in [0.4, 0.5) is 0 Å². The van der Waals surface area contributed by atoms with E-state index < -0.39 is 0 Å². The Hall–Kier alpha value is -0.550. The molecule has 1 N–H and O–H groups in total. The third-order valence-electron chi connectivity index (χ3n) is 4.02. The molecule has 4 nitrogen and oxygen atoms in total. The molecule has 3 rings (SSSR count). The van der Waals surface area contributed by atoms with E-state index in [1.165, 1.54) is 44.3 Å². The van der Waals surface area contributed by atoms with Crippen LogP contribution in [0.3, 0.4) is 0 Å². The summed E-state index contributed by atoms with van der Waals surface area (Å²) in [5.41, 5.74) is 0. The lowest BCUT2D eigenvalue weighted by Crippen LogP contribution is -2.40. The smallest absolute Gasteiger partial charge is 0.229 e. The summed E-state index contributed by atoms with van der Waals surface area (Å²) in [7, 11) is 0. The Labute approximate surface area is 119 Å². The zero-order chi connectivity index (χ0) is 13.1. The predicted octanol–water partition coefficient (Wildman–Crippen LogP) is 3.10. The van der Waals surface area contributed by atoms with Gasteiger partial charge >= 0.3 is 0 Å². The zero-order valence-corrected chi connectivity index (χ0v) is 12.4. The topological polar surface area (TPSA) is 51.0 Å². The van der Waals surface area contributed by atoms with Gasteiger partial charge in [-0.2, -0.15) is 16.7 Å². The van der Waals surface area contributed by atoms with E-state index in [0.29, 0.717) is 12.0 Å². The largest absolute Gasteiger partial charge is 0.339 e. The van der Waals surface area contributed by atoms with Crippen LogP contribution >= 0.6 is 11.8 Å². The third kappa shape index (κ3) is 3.51. The highest BCUT2D eigenvalue weighted by atomic mass is 32.2. The molecular formula is C14H23N3OS. The Kier molecular flexibility index (Phi) is 4.43. The van der Waals surface area contributed by atoms with Crippen molar-refractivity contribution in [3.63, 3.8) is 0 Å². The lowest BCUT2D eigenvalue weighted by molar-refractivity contribution is 0.359. The molecule has 0 amide bonds. The van der Waals surface area contributed by atoms with Crippen LogP contribution in [0.5, 0.6) is 0 Å². The van der Waals surface area contributed by atoms with Gasteiger partial charge in [-0.25, -0.2) is 0 Å². The number of nitrogens with zero attached hydrogens (tertiary/aromatic N) is 2. The van der Waals surface area contributed by atoms with E-state index in [1.807, 2.05) is 0 Å². The summed E-state index contributed by atoms with van der Waals surface area (Å²) in [6.45, 7) is 3.00. The summed E-state index contributed by atoms with van der Waals surface area (Å²) in [6, 6.07) is 0.613. The molecule has 0 spiro atoms. The molecule has 2 atom stereocenters. The van der Waals surface area contributed by atoms with Crippen molar-refractivity contribution in [1.29, 1.82) is 0 Å². The van der Waals surface area contributed by atoms with Gasteiger partial charge in [0.25, 0.3) is 0 Å². The first-order valence-electron chi connectivity index (χ1n) is 7.54. The van der Waals surface area contributed by atoms with Crippen molar-refractivity contribution in [3.05, 3.63) is 11.7 Å². The van der Waals surface area contributed by atoms with Gasteiger partial charge in [0.2, 0.25) is 5.89 Å². The molecule has 0 unspecified atom stereocenters. The monoisotopic (exact) mass is 281 g/mol. The quantitative estimate of drug-likeness (QED) is 0.868. The molecule has 19 heavy (non-hydrogen) atoms. The maximum Gasteiger partial charge on any atom is 0.229 e. The van der Waals surface area contributed by atoms with Gasteiger partial charge in [0.05, 0.1) is 6.54 Å². The summed E-state index contributed by atoms with van der Waals surface area (Å²) in [5.74, 6) is 3.43. The second kappa shape index (κ2) is 6.27. The van der Waals surface area contributed by atoms with Gasteiger partial charge in [-0.3, -0.25) is 0 Å². The van der Waals surface area contributed by atoms with Crippen molar-refractivity contribution in [1.82, 2.24) is 15.5 Å². The van der Waals surface area contributed by atoms with Crippen LogP contribution in [0.25, 0.3) is 0 Å². The highest BCUT2D eigenvalue weighted by Gasteiger charge is 2.30. The molecule has 5 heteroatoms. The van der Waals surface area contributed by atoms with Crippen LogP contribution < -0.4 is 5.32 Å². The summed E-state index contributed by atoms with van der Waals surface area (Å²) in [5, 5.41) is 8.47. The van der Waals surface area contributed by atoms with E-state index >= 15 is 0 Å². The predicted molar refractivity (Wildman–Crippen MR) is 77.3 cm³/mol. The molecule has 0 saturated heterocycles. The van der Waals surface area contributed by atoms with Crippen LogP contribution in [-0.4, -0.2) is 27.2 Å². The first-order chi connectivity index (χ1) is 9.36. The molecule has 2 fully saturated rings. The average Bonchev–Trinajstić information content (AvgIpc) is 3.18. The standard InChI is InChI=1S/C14H23N3OS/c1-2-19-12-6-4-3-5-11(12)15-9-13-16-14(18-17-13)10-7-8-10/h10-12,15H,2-9H2,1H3/t11-,12-/m0/s1. The van der Waals surface area contributed by atoms with Crippen LogP contribution in [0.2, 0.25) is 0 Å². The molecule has 2 saturated carbocycles. The normalized spacial score (nSPS) is 27.6. The van der Waals surface area contributed by atoms with Crippen molar-refractivity contribution >= 4 is 11.8 Å². The number of nitrogens with one attached hydrogen (secondary N) is 1. The zero-order valence-electron chi connectivity index (χ0n) is 11.6. The Balaban J connectivity index is 1.51. The molecule has 106 valence electrons. The van der Waals surface area contributed by atoms with E-state index in [0.717, 1.165) is 23.5 Å². The van der Waals surface area contributed by atoms with Gasteiger partial charge in [0.15, 0.2) is 5.82 Å². The van der Waals surface area contributed by atoms with Crippen molar-refractivity contribution in [2.45, 2.75) is 69.2 Å². The maximum absolute atomic E-state index is 5.30. The van der Waals surface area contributed by atoms with Gasteiger partial charge in [-0.15, -0.1) is 0 Å². The average molecular weight is 281 g/mol. The van der Waals surface area contributed by atoms with Crippen molar-refractivity contribution in [3.8, 4) is 0 Å². The summed E-state index contributed by atoms with van der Waals surface area (Å²) >= 11 is 2.09. The fraction of sp³-hybridized carbons (Fsp3) is 0.857. The van der Waals surface area contributed by atoms with Crippen molar-refractivity contribution in [2.24, 2.45) is 0 Å². The first-order valence-corrected chi connectivity index (χ1v) is 8.59. The van der Waals surface area contributed by atoms with E-state index in [1.54, 1.807) is 0 Å². The third-order valence-corrected chi connectivity index (χ3v) is 5.34. The number of thioether (sulfide) groups is 1. The SMILES string of the molecule is CCS[C@H]1CCCC[C@@H]1NCc1noc(C2CC2)n1. The van der Waals surface area contributed by atoms with Gasteiger partial charge in [-0.05, 0) is 31.4 Å². The fourth-order valence-corrected chi connectivity index (χ4v) is 4.03. The Morgan fingerprint density at radius 3 is 2.89 bits per heavy atom. The number of aromatic nitrogens is 2. The second-order valence-corrected chi connectivity index (χ2v) is 7.10. The van der Waals surface area contributed by atoms with E-state index in [4.69, 9.17) is 4.52 Å². The van der Waals surface area contributed by atoms with Gasteiger partial charge in [-0.1, -0.05) is 24.9 Å².